The molecule has 0 radical (unpaired) electrons. The number of rotatable bonds is 9. The van der Waals surface area contributed by atoms with E-state index in [-0.39, 0.29) is 0 Å². The molecule has 0 saturated heterocycles. The van der Waals surface area contributed by atoms with Crippen LogP contribution in [0.1, 0.15) is 43.1 Å². The molecule has 1 heterocycles. The Kier molecular flexibility index (Phi) is 6.90. The predicted molar refractivity (Wildman–Crippen MR) is 132 cm³/mol. The third-order valence-corrected chi connectivity index (χ3v) is 5.57. The quantitative estimate of drug-likeness (QED) is 0.276. The number of methoxy groups -OCH3 is 1. The number of benzene rings is 3. The van der Waals surface area contributed by atoms with Crippen molar-refractivity contribution in [2.45, 2.75) is 32.7 Å². The van der Waals surface area contributed by atoms with Crippen molar-refractivity contribution in [3.63, 3.8) is 0 Å². The van der Waals surface area contributed by atoms with Gasteiger partial charge in [-0.2, -0.15) is 0 Å². The average Bonchev–Trinajstić information content (AvgIpc) is 3.18. The van der Waals surface area contributed by atoms with Crippen LogP contribution in [0.5, 0.6) is 11.5 Å². The molecule has 164 valence electrons. The topological polar surface area (TPSA) is 36.3 Å². The number of aromatic nitrogens is 2. The van der Waals surface area contributed by atoms with Crippen molar-refractivity contribution in [1.29, 1.82) is 0 Å². The standard InChI is InChI=1S/C28H30N2O2/c1-21(2)23-12-16-25(17-13-23)32-20-6-19-30-27-8-5-4-7-26(27)29-28(30)18-11-22-9-14-24(31-3)15-10-22/h4-5,7-18,21H,6,19-20H2,1-3H3/b18-11+. The monoisotopic (exact) mass is 426 g/mol. The molecule has 0 aliphatic rings. The van der Waals surface area contributed by atoms with Gasteiger partial charge in [0, 0.05) is 6.54 Å². The first-order chi connectivity index (χ1) is 15.6. The highest BCUT2D eigenvalue weighted by Crippen LogP contribution is 2.21. The second-order valence-corrected chi connectivity index (χ2v) is 8.14. The van der Waals surface area contributed by atoms with Crippen molar-refractivity contribution in [3.05, 3.63) is 89.7 Å². The van der Waals surface area contributed by atoms with Gasteiger partial charge in [-0.3, -0.25) is 0 Å². The summed E-state index contributed by atoms with van der Waals surface area (Å²) in [6.45, 7) is 5.90. The molecule has 4 heteroatoms. The molecule has 0 fully saturated rings. The molecular formula is C28H30N2O2. The largest absolute Gasteiger partial charge is 0.497 e. The van der Waals surface area contributed by atoms with E-state index >= 15 is 0 Å². The van der Waals surface area contributed by atoms with Crippen molar-refractivity contribution in [2.75, 3.05) is 13.7 Å². The second-order valence-electron chi connectivity index (χ2n) is 8.14. The fraction of sp³-hybridized carbons (Fsp3) is 0.250. The van der Waals surface area contributed by atoms with Crippen LogP contribution >= 0.6 is 0 Å². The fourth-order valence-corrected chi connectivity index (χ4v) is 3.70. The van der Waals surface area contributed by atoms with Crippen LogP contribution in [0.25, 0.3) is 23.2 Å². The summed E-state index contributed by atoms with van der Waals surface area (Å²) in [5.41, 5.74) is 4.59. The van der Waals surface area contributed by atoms with Crippen LogP contribution in [-0.4, -0.2) is 23.3 Å². The zero-order valence-electron chi connectivity index (χ0n) is 19.0. The molecule has 0 saturated carbocycles. The maximum atomic E-state index is 5.98. The first kappa shape index (κ1) is 21.7. The number of fused-ring (bicyclic) bond motifs is 1. The smallest absolute Gasteiger partial charge is 0.133 e. The second kappa shape index (κ2) is 10.2. The molecule has 0 aliphatic carbocycles. The van der Waals surface area contributed by atoms with Gasteiger partial charge in [0.05, 0.1) is 24.8 Å². The van der Waals surface area contributed by atoms with Crippen LogP contribution in [0.2, 0.25) is 0 Å². The lowest BCUT2D eigenvalue weighted by atomic mass is 10.0. The number of hydrogen-bond acceptors (Lipinski definition) is 3. The van der Waals surface area contributed by atoms with Gasteiger partial charge in [0.15, 0.2) is 0 Å². The number of nitrogens with zero attached hydrogens (tertiary/aromatic N) is 2. The molecule has 4 rings (SSSR count). The lowest BCUT2D eigenvalue weighted by molar-refractivity contribution is 0.302. The number of aryl methyl sites for hydroxylation is 1. The Hall–Kier alpha value is -3.53. The molecule has 0 atom stereocenters. The van der Waals surface area contributed by atoms with E-state index in [9.17, 15) is 0 Å². The molecule has 4 aromatic rings. The predicted octanol–water partition coefficient (Wildman–Crippen LogP) is 6.81. The van der Waals surface area contributed by atoms with Crippen molar-refractivity contribution < 1.29 is 9.47 Å². The zero-order chi connectivity index (χ0) is 22.3. The van der Waals surface area contributed by atoms with Crippen molar-refractivity contribution in [3.8, 4) is 11.5 Å². The number of ether oxygens (including phenoxy) is 2. The minimum absolute atomic E-state index is 0.531. The molecule has 0 bridgehead atoms. The zero-order valence-corrected chi connectivity index (χ0v) is 19.0. The maximum Gasteiger partial charge on any atom is 0.133 e. The van der Waals surface area contributed by atoms with E-state index in [1.165, 1.54) is 5.56 Å². The summed E-state index contributed by atoms with van der Waals surface area (Å²) in [7, 11) is 1.68. The third-order valence-electron chi connectivity index (χ3n) is 5.57. The Balaban J connectivity index is 1.44. The first-order valence-electron chi connectivity index (χ1n) is 11.1. The molecule has 0 aliphatic heterocycles. The molecule has 32 heavy (non-hydrogen) atoms. The van der Waals surface area contributed by atoms with Crippen molar-refractivity contribution in [2.24, 2.45) is 0 Å². The lowest BCUT2D eigenvalue weighted by Crippen LogP contribution is -2.06. The minimum atomic E-state index is 0.531. The van der Waals surface area contributed by atoms with Gasteiger partial charge in [-0.25, -0.2) is 4.98 Å². The van der Waals surface area contributed by atoms with E-state index < -0.39 is 0 Å². The van der Waals surface area contributed by atoms with Crippen LogP contribution in [-0.2, 0) is 6.54 Å². The molecule has 0 N–H and O–H groups in total. The molecule has 0 spiro atoms. The van der Waals surface area contributed by atoms with Gasteiger partial charge in [-0.1, -0.05) is 56.3 Å². The lowest BCUT2D eigenvalue weighted by Gasteiger charge is -2.10. The van der Waals surface area contributed by atoms with E-state index in [1.807, 2.05) is 30.3 Å². The van der Waals surface area contributed by atoms with E-state index in [0.29, 0.717) is 12.5 Å². The van der Waals surface area contributed by atoms with Crippen molar-refractivity contribution in [1.82, 2.24) is 9.55 Å². The summed E-state index contributed by atoms with van der Waals surface area (Å²) in [6, 6.07) is 24.7. The van der Waals surface area contributed by atoms with E-state index in [0.717, 1.165) is 46.9 Å². The molecule has 4 nitrogen and oxygen atoms in total. The number of imidazole rings is 1. The van der Waals surface area contributed by atoms with E-state index in [2.05, 4.69) is 73.0 Å². The van der Waals surface area contributed by atoms with Crippen LogP contribution < -0.4 is 9.47 Å². The Labute approximate surface area is 190 Å². The van der Waals surface area contributed by atoms with Gasteiger partial charge in [0.2, 0.25) is 0 Å². The first-order valence-corrected chi connectivity index (χ1v) is 11.1. The van der Waals surface area contributed by atoms with Crippen LogP contribution in [0.4, 0.5) is 0 Å². The molecule has 1 aromatic heterocycles. The number of hydrogen-bond donors (Lipinski definition) is 0. The van der Waals surface area contributed by atoms with Gasteiger partial charge in [-0.05, 0) is 65.9 Å². The van der Waals surface area contributed by atoms with Gasteiger partial charge < -0.3 is 14.0 Å². The molecule has 0 amide bonds. The van der Waals surface area contributed by atoms with Gasteiger partial charge in [0.25, 0.3) is 0 Å². The molecule has 3 aromatic carbocycles. The summed E-state index contributed by atoms with van der Waals surface area (Å²) in [6.07, 6.45) is 5.06. The summed E-state index contributed by atoms with van der Waals surface area (Å²) < 4.78 is 13.5. The third kappa shape index (κ3) is 5.20. The van der Waals surface area contributed by atoms with Crippen molar-refractivity contribution >= 4 is 23.2 Å². The van der Waals surface area contributed by atoms with Gasteiger partial charge >= 0.3 is 0 Å². The summed E-state index contributed by atoms with van der Waals surface area (Å²) >= 11 is 0. The maximum absolute atomic E-state index is 5.98. The fourth-order valence-electron chi connectivity index (χ4n) is 3.70. The Morgan fingerprint density at radius 1 is 0.875 bits per heavy atom. The normalized spacial score (nSPS) is 11.5. The Morgan fingerprint density at radius 3 is 2.31 bits per heavy atom. The summed E-state index contributed by atoms with van der Waals surface area (Å²) in [5, 5.41) is 0. The SMILES string of the molecule is COc1ccc(/C=C/c2nc3ccccc3n2CCCOc2ccc(C(C)C)cc2)cc1. The van der Waals surface area contributed by atoms with E-state index in [1.54, 1.807) is 7.11 Å². The molecular weight excluding hydrogens is 396 g/mol. The highest BCUT2D eigenvalue weighted by atomic mass is 16.5. The average molecular weight is 427 g/mol. The van der Waals surface area contributed by atoms with Gasteiger partial charge in [-0.15, -0.1) is 0 Å². The highest BCUT2D eigenvalue weighted by Gasteiger charge is 2.08. The van der Waals surface area contributed by atoms with Crippen LogP contribution in [0.3, 0.4) is 0 Å². The highest BCUT2D eigenvalue weighted by molar-refractivity contribution is 5.79. The molecule has 0 unspecified atom stereocenters. The van der Waals surface area contributed by atoms with Crippen LogP contribution in [0, 0.1) is 0 Å². The van der Waals surface area contributed by atoms with Crippen LogP contribution in [0.15, 0.2) is 72.8 Å². The summed E-state index contributed by atoms with van der Waals surface area (Å²) in [4.78, 5) is 4.84. The number of para-hydroxylation sites is 2. The summed E-state index contributed by atoms with van der Waals surface area (Å²) in [5.74, 6) is 3.25. The van der Waals surface area contributed by atoms with Gasteiger partial charge in [0.1, 0.15) is 17.3 Å². The van der Waals surface area contributed by atoms with E-state index in [4.69, 9.17) is 14.5 Å². The minimum Gasteiger partial charge on any atom is -0.497 e. The Bertz CT molecular complexity index is 1170. The Morgan fingerprint density at radius 2 is 1.59 bits per heavy atom.